The Balaban J connectivity index is 2.10. The Labute approximate surface area is 86.3 Å². The van der Waals surface area contributed by atoms with Crippen LogP contribution in [-0.4, -0.2) is 0 Å². The minimum Gasteiger partial charge on any atom is -0.399 e. The number of anilines is 1. The summed E-state index contributed by atoms with van der Waals surface area (Å²) in [6.07, 6.45) is 5.50. The van der Waals surface area contributed by atoms with E-state index in [0.29, 0.717) is 0 Å². The van der Waals surface area contributed by atoms with Gasteiger partial charge in [0.05, 0.1) is 0 Å². The molecule has 1 aliphatic rings. The first kappa shape index (κ1) is 9.57. The molecule has 1 heteroatoms. The Morgan fingerprint density at radius 3 is 2.50 bits per heavy atom. The van der Waals surface area contributed by atoms with Gasteiger partial charge in [-0.2, -0.15) is 0 Å². The summed E-state index contributed by atoms with van der Waals surface area (Å²) in [5.41, 5.74) is 8.03. The summed E-state index contributed by atoms with van der Waals surface area (Å²) in [7, 11) is 0. The molecular weight excluding hydrogens is 170 g/mol. The van der Waals surface area contributed by atoms with Gasteiger partial charge in [-0.25, -0.2) is 0 Å². The lowest BCUT2D eigenvalue weighted by Gasteiger charge is -2.27. The predicted octanol–water partition coefficient (Wildman–Crippen LogP) is 3.56. The fraction of sp³-hybridized carbons (Fsp3) is 0.538. The van der Waals surface area contributed by atoms with Gasteiger partial charge in [-0.15, -0.1) is 0 Å². The number of nitrogens with two attached hydrogens (primary N) is 1. The van der Waals surface area contributed by atoms with E-state index in [1.54, 1.807) is 0 Å². The highest BCUT2D eigenvalue weighted by Crippen LogP contribution is 2.35. The zero-order chi connectivity index (χ0) is 9.97. The molecule has 0 bridgehead atoms. The van der Waals surface area contributed by atoms with Crippen molar-refractivity contribution in [3.8, 4) is 0 Å². The van der Waals surface area contributed by atoms with E-state index in [0.717, 1.165) is 17.5 Å². The van der Waals surface area contributed by atoms with E-state index < -0.39 is 0 Å². The van der Waals surface area contributed by atoms with Crippen LogP contribution in [0.4, 0.5) is 5.69 Å². The molecule has 2 rings (SSSR count). The van der Waals surface area contributed by atoms with Gasteiger partial charge in [-0.1, -0.05) is 31.9 Å². The van der Waals surface area contributed by atoms with Crippen LogP contribution in [0.3, 0.4) is 0 Å². The highest BCUT2D eigenvalue weighted by molar-refractivity contribution is 5.40. The summed E-state index contributed by atoms with van der Waals surface area (Å²) in [5, 5.41) is 0. The Kier molecular flexibility index (Phi) is 2.76. The van der Waals surface area contributed by atoms with Crippen LogP contribution < -0.4 is 5.73 Å². The third kappa shape index (κ3) is 2.09. The van der Waals surface area contributed by atoms with Crippen LogP contribution in [0, 0.1) is 5.92 Å². The first-order chi connectivity index (χ1) is 6.75. The molecule has 2 unspecified atom stereocenters. The minimum atomic E-state index is 0.777. The molecule has 0 spiro atoms. The van der Waals surface area contributed by atoms with E-state index in [4.69, 9.17) is 5.73 Å². The average molecular weight is 189 g/mol. The lowest BCUT2D eigenvalue weighted by atomic mass is 9.79. The third-order valence-corrected chi connectivity index (χ3v) is 3.34. The van der Waals surface area contributed by atoms with Gasteiger partial charge < -0.3 is 5.73 Å². The summed E-state index contributed by atoms with van der Waals surface area (Å²) in [4.78, 5) is 0. The fourth-order valence-electron chi connectivity index (χ4n) is 2.51. The second kappa shape index (κ2) is 4.04. The van der Waals surface area contributed by atoms with E-state index in [-0.39, 0.29) is 0 Å². The molecule has 14 heavy (non-hydrogen) atoms. The van der Waals surface area contributed by atoms with Crippen LogP contribution in [0.15, 0.2) is 24.3 Å². The van der Waals surface area contributed by atoms with E-state index in [2.05, 4.69) is 19.1 Å². The molecule has 0 heterocycles. The molecular formula is C13H19N. The molecule has 1 aromatic rings. The average Bonchev–Trinajstić information content (AvgIpc) is 2.19. The van der Waals surface area contributed by atoms with Crippen molar-refractivity contribution in [2.45, 2.75) is 38.5 Å². The van der Waals surface area contributed by atoms with Crippen LogP contribution >= 0.6 is 0 Å². The molecule has 1 fully saturated rings. The first-order valence-electron chi connectivity index (χ1n) is 5.61. The maximum Gasteiger partial charge on any atom is 0.0314 e. The lowest BCUT2D eigenvalue weighted by Crippen LogP contribution is -2.11. The van der Waals surface area contributed by atoms with E-state index in [1.807, 2.05) is 12.1 Å². The second-order valence-electron chi connectivity index (χ2n) is 4.64. The summed E-state index contributed by atoms with van der Waals surface area (Å²) in [5.74, 6) is 1.67. The van der Waals surface area contributed by atoms with E-state index >= 15 is 0 Å². The third-order valence-electron chi connectivity index (χ3n) is 3.34. The molecule has 1 nitrogen and oxygen atoms in total. The Morgan fingerprint density at radius 1 is 1.14 bits per heavy atom. The molecule has 0 saturated heterocycles. The molecule has 76 valence electrons. The van der Waals surface area contributed by atoms with Crippen molar-refractivity contribution in [3.63, 3.8) is 0 Å². The Hall–Kier alpha value is -0.980. The van der Waals surface area contributed by atoms with Crippen LogP contribution in [-0.2, 0) is 0 Å². The van der Waals surface area contributed by atoms with Crippen molar-refractivity contribution in [2.75, 3.05) is 5.73 Å². The number of rotatable bonds is 1. The van der Waals surface area contributed by atoms with Gasteiger partial charge in [0.15, 0.2) is 0 Å². The molecule has 2 N–H and O–H groups in total. The zero-order valence-electron chi connectivity index (χ0n) is 8.87. The maximum atomic E-state index is 5.68. The van der Waals surface area contributed by atoms with Crippen LogP contribution in [0.5, 0.6) is 0 Å². The topological polar surface area (TPSA) is 26.0 Å². The zero-order valence-corrected chi connectivity index (χ0v) is 8.87. The summed E-state index contributed by atoms with van der Waals surface area (Å²) < 4.78 is 0. The predicted molar refractivity (Wildman–Crippen MR) is 61.2 cm³/mol. The first-order valence-corrected chi connectivity index (χ1v) is 5.61. The monoisotopic (exact) mass is 189 g/mol. The quantitative estimate of drug-likeness (QED) is 0.672. The van der Waals surface area contributed by atoms with Crippen LogP contribution in [0.2, 0.25) is 0 Å². The van der Waals surface area contributed by atoms with Gasteiger partial charge >= 0.3 is 0 Å². The molecule has 1 aliphatic carbocycles. The van der Waals surface area contributed by atoms with Gasteiger partial charge in [-0.3, -0.25) is 0 Å². The lowest BCUT2D eigenvalue weighted by molar-refractivity contribution is 0.344. The number of benzene rings is 1. The van der Waals surface area contributed by atoms with Gasteiger partial charge in [0.1, 0.15) is 0 Å². The largest absolute Gasteiger partial charge is 0.399 e. The Morgan fingerprint density at radius 2 is 1.86 bits per heavy atom. The second-order valence-corrected chi connectivity index (χ2v) is 4.64. The molecule has 0 aromatic heterocycles. The molecule has 2 atom stereocenters. The highest BCUT2D eigenvalue weighted by atomic mass is 14.5. The number of nitrogen functional groups attached to an aromatic ring is 1. The van der Waals surface area contributed by atoms with Crippen molar-refractivity contribution in [3.05, 3.63) is 29.8 Å². The molecule has 0 radical (unpaired) electrons. The van der Waals surface area contributed by atoms with Gasteiger partial charge in [0.25, 0.3) is 0 Å². The van der Waals surface area contributed by atoms with Crippen LogP contribution in [0.1, 0.15) is 44.1 Å². The molecule has 1 aromatic carbocycles. The fourth-order valence-corrected chi connectivity index (χ4v) is 2.51. The standard InChI is InChI=1S/C13H19N/c1-10-3-2-4-12(9-10)11-5-7-13(14)8-6-11/h5-8,10,12H,2-4,9,14H2,1H3. The number of hydrogen-bond acceptors (Lipinski definition) is 1. The maximum absolute atomic E-state index is 5.68. The SMILES string of the molecule is CC1CCCC(c2ccc(N)cc2)C1. The number of hydrogen-bond donors (Lipinski definition) is 1. The van der Waals surface area contributed by atoms with E-state index in [9.17, 15) is 0 Å². The smallest absolute Gasteiger partial charge is 0.0314 e. The van der Waals surface area contributed by atoms with Gasteiger partial charge in [0, 0.05) is 5.69 Å². The minimum absolute atomic E-state index is 0.777. The highest BCUT2D eigenvalue weighted by Gasteiger charge is 2.19. The summed E-state index contributed by atoms with van der Waals surface area (Å²) >= 11 is 0. The Bertz CT molecular complexity index is 289. The van der Waals surface area contributed by atoms with Crippen molar-refractivity contribution in [1.82, 2.24) is 0 Å². The van der Waals surface area contributed by atoms with Crippen molar-refractivity contribution in [1.29, 1.82) is 0 Å². The molecule has 0 amide bonds. The van der Waals surface area contributed by atoms with Gasteiger partial charge in [0.2, 0.25) is 0 Å². The van der Waals surface area contributed by atoms with Crippen molar-refractivity contribution in [2.24, 2.45) is 5.92 Å². The molecule has 0 aliphatic heterocycles. The van der Waals surface area contributed by atoms with E-state index in [1.165, 1.54) is 31.2 Å². The normalized spacial score (nSPS) is 27.5. The van der Waals surface area contributed by atoms with Gasteiger partial charge in [-0.05, 0) is 42.4 Å². The summed E-state index contributed by atoms with van der Waals surface area (Å²) in [6.45, 7) is 2.36. The van der Waals surface area contributed by atoms with Crippen molar-refractivity contribution < 1.29 is 0 Å². The van der Waals surface area contributed by atoms with Crippen LogP contribution in [0.25, 0.3) is 0 Å². The summed E-state index contributed by atoms with van der Waals surface area (Å²) in [6, 6.07) is 8.43. The van der Waals surface area contributed by atoms with Crippen molar-refractivity contribution >= 4 is 5.69 Å². The molecule has 1 saturated carbocycles.